The molecular weight excluding hydrogens is 448 g/mol. The second-order valence-corrected chi connectivity index (χ2v) is 9.55. The van der Waals surface area contributed by atoms with Gasteiger partial charge in [-0.15, -0.1) is 0 Å². The van der Waals surface area contributed by atoms with E-state index in [1.54, 1.807) is 25.4 Å². The molecule has 1 saturated heterocycles. The van der Waals surface area contributed by atoms with Crippen molar-refractivity contribution < 1.29 is 9.59 Å². The fourth-order valence-corrected chi connectivity index (χ4v) is 5.26. The molecule has 1 fully saturated rings. The van der Waals surface area contributed by atoms with Crippen LogP contribution in [0, 0.1) is 0 Å². The Kier molecular flexibility index (Phi) is 7.23. The fourth-order valence-electron chi connectivity index (χ4n) is 5.26. The van der Waals surface area contributed by atoms with Crippen molar-refractivity contribution in [3.63, 3.8) is 0 Å². The smallest absolute Gasteiger partial charge is 0.251 e. The minimum atomic E-state index is -0.0411. The molecule has 3 heterocycles. The van der Waals surface area contributed by atoms with Crippen LogP contribution >= 0.6 is 0 Å². The zero-order valence-electron chi connectivity index (χ0n) is 20.7. The Hall–Kier alpha value is -3.77. The highest BCUT2D eigenvalue weighted by atomic mass is 16.2. The van der Waals surface area contributed by atoms with Gasteiger partial charge in [-0.05, 0) is 66.3 Å². The van der Waals surface area contributed by atoms with Crippen LogP contribution in [0.5, 0.6) is 0 Å². The van der Waals surface area contributed by atoms with E-state index >= 15 is 0 Å². The van der Waals surface area contributed by atoms with Crippen LogP contribution in [0.15, 0.2) is 79.1 Å². The molecule has 5 rings (SSSR count). The number of fused-ring (bicyclic) bond motifs is 1. The first-order chi connectivity index (χ1) is 17.6. The zero-order chi connectivity index (χ0) is 24.9. The van der Waals surface area contributed by atoms with Crippen molar-refractivity contribution in [2.24, 2.45) is 0 Å². The molecule has 36 heavy (non-hydrogen) atoms. The molecule has 6 nitrogen and oxygen atoms in total. The van der Waals surface area contributed by atoms with E-state index < -0.39 is 0 Å². The van der Waals surface area contributed by atoms with E-state index in [0.717, 1.165) is 61.4 Å². The zero-order valence-corrected chi connectivity index (χ0v) is 20.7. The van der Waals surface area contributed by atoms with Gasteiger partial charge in [0.2, 0.25) is 5.91 Å². The van der Waals surface area contributed by atoms with Crippen molar-refractivity contribution >= 4 is 29.3 Å². The molecule has 0 spiro atoms. The standard InChI is InChI=1S/C30H32N4O2/c1-23(35)33-20-13-26-8-9-28(21-29(26)33)34(30(36)10-7-24-11-16-31-17-12-24)27-14-18-32(19-15-27)22-25-5-3-2-4-6-25/h2-12,16-17,21,27H,13-15,18-20,22H2,1H3/b10-7+. The molecule has 0 radical (unpaired) electrons. The largest absolute Gasteiger partial charge is 0.312 e. The van der Waals surface area contributed by atoms with E-state index in [2.05, 4.69) is 40.2 Å². The summed E-state index contributed by atoms with van der Waals surface area (Å²) in [5.41, 5.74) is 5.19. The summed E-state index contributed by atoms with van der Waals surface area (Å²) in [6, 6.07) is 20.5. The molecule has 0 unspecified atom stereocenters. The summed E-state index contributed by atoms with van der Waals surface area (Å²) in [4.78, 5) is 36.1. The quantitative estimate of drug-likeness (QED) is 0.480. The molecule has 1 aromatic heterocycles. The number of piperidine rings is 1. The molecule has 3 aromatic rings. The van der Waals surface area contributed by atoms with Crippen LogP contribution in [0.3, 0.4) is 0 Å². The average molecular weight is 481 g/mol. The molecule has 2 amide bonds. The SMILES string of the molecule is CC(=O)N1CCc2ccc(N(C(=O)/C=C/c3ccncc3)C3CCN(Cc4ccccc4)CC3)cc21. The number of benzene rings is 2. The van der Waals surface area contributed by atoms with Gasteiger partial charge in [-0.1, -0.05) is 36.4 Å². The highest BCUT2D eigenvalue weighted by Gasteiger charge is 2.30. The molecule has 184 valence electrons. The summed E-state index contributed by atoms with van der Waals surface area (Å²) >= 11 is 0. The number of hydrogen-bond acceptors (Lipinski definition) is 4. The monoisotopic (exact) mass is 480 g/mol. The van der Waals surface area contributed by atoms with Gasteiger partial charge >= 0.3 is 0 Å². The number of rotatable bonds is 6. The Bertz CT molecular complexity index is 1230. The molecular formula is C30H32N4O2. The minimum Gasteiger partial charge on any atom is -0.312 e. The van der Waals surface area contributed by atoms with Crippen molar-refractivity contribution in [3.8, 4) is 0 Å². The molecule has 0 aliphatic carbocycles. The van der Waals surface area contributed by atoms with Crippen molar-refractivity contribution in [3.05, 3.63) is 95.8 Å². The Morgan fingerprint density at radius 3 is 2.47 bits per heavy atom. The van der Waals surface area contributed by atoms with E-state index in [1.807, 2.05) is 46.2 Å². The number of amides is 2. The molecule has 0 bridgehead atoms. The van der Waals surface area contributed by atoms with Gasteiger partial charge in [0.1, 0.15) is 0 Å². The van der Waals surface area contributed by atoms with Crippen LogP contribution in [0.2, 0.25) is 0 Å². The molecule has 0 N–H and O–H groups in total. The van der Waals surface area contributed by atoms with Gasteiger partial charge in [0, 0.05) is 69.0 Å². The number of hydrogen-bond donors (Lipinski definition) is 0. The Labute approximate surface area is 212 Å². The lowest BCUT2D eigenvalue weighted by Crippen LogP contribution is -2.47. The van der Waals surface area contributed by atoms with Crippen LogP contribution < -0.4 is 9.80 Å². The maximum atomic E-state index is 13.6. The van der Waals surface area contributed by atoms with Crippen LogP contribution in [-0.4, -0.2) is 47.4 Å². The maximum absolute atomic E-state index is 13.6. The van der Waals surface area contributed by atoms with Crippen LogP contribution in [0.25, 0.3) is 6.08 Å². The molecule has 2 aliphatic rings. The summed E-state index contributed by atoms with van der Waals surface area (Å²) in [6.45, 7) is 5.09. The van der Waals surface area contributed by atoms with Gasteiger partial charge in [-0.25, -0.2) is 0 Å². The first-order valence-electron chi connectivity index (χ1n) is 12.7. The number of carbonyl (C=O) groups excluding carboxylic acids is 2. The summed E-state index contributed by atoms with van der Waals surface area (Å²) in [5, 5.41) is 0. The van der Waals surface area contributed by atoms with Crippen molar-refractivity contribution in [1.29, 1.82) is 0 Å². The number of nitrogens with zero attached hydrogens (tertiary/aromatic N) is 4. The summed E-state index contributed by atoms with van der Waals surface area (Å²) < 4.78 is 0. The molecule has 2 aliphatic heterocycles. The topological polar surface area (TPSA) is 56.8 Å². The predicted molar refractivity (Wildman–Crippen MR) is 144 cm³/mol. The third-order valence-electron chi connectivity index (χ3n) is 7.16. The van der Waals surface area contributed by atoms with E-state index in [1.165, 1.54) is 5.56 Å². The van der Waals surface area contributed by atoms with E-state index in [-0.39, 0.29) is 17.9 Å². The molecule has 2 aromatic carbocycles. The number of aromatic nitrogens is 1. The van der Waals surface area contributed by atoms with Gasteiger partial charge in [0.05, 0.1) is 0 Å². The first-order valence-corrected chi connectivity index (χ1v) is 12.7. The Morgan fingerprint density at radius 1 is 1.00 bits per heavy atom. The second kappa shape index (κ2) is 10.9. The lowest BCUT2D eigenvalue weighted by atomic mass is 10.0. The predicted octanol–water partition coefficient (Wildman–Crippen LogP) is 4.70. The highest BCUT2D eigenvalue weighted by Crippen LogP contribution is 2.34. The van der Waals surface area contributed by atoms with Gasteiger partial charge in [-0.3, -0.25) is 19.5 Å². The number of pyridine rings is 1. The first kappa shape index (κ1) is 23.9. The molecule has 0 saturated carbocycles. The summed E-state index contributed by atoms with van der Waals surface area (Å²) in [6.07, 6.45) is 9.59. The Balaban J connectivity index is 1.38. The average Bonchev–Trinajstić information content (AvgIpc) is 3.34. The van der Waals surface area contributed by atoms with Crippen molar-refractivity contribution in [2.45, 2.75) is 38.8 Å². The number of likely N-dealkylation sites (tertiary alicyclic amines) is 1. The molecule has 6 heteroatoms. The maximum Gasteiger partial charge on any atom is 0.251 e. The van der Waals surface area contributed by atoms with Crippen molar-refractivity contribution in [1.82, 2.24) is 9.88 Å². The van der Waals surface area contributed by atoms with Crippen LogP contribution in [0.4, 0.5) is 11.4 Å². The third kappa shape index (κ3) is 5.39. The van der Waals surface area contributed by atoms with Gasteiger partial charge < -0.3 is 9.80 Å². The van der Waals surface area contributed by atoms with E-state index in [4.69, 9.17) is 0 Å². The lowest BCUT2D eigenvalue weighted by molar-refractivity contribution is -0.116. The van der Waals surface area contributed by atoms with Gasteiger partial charge in [0.15, 0.2) is 0 Å². The normalized spacial score (nSPS) is 16.3. The summed E-state index contributed by atoms with van der Waals surface area (Å²) in [5.74, 6) is -0.00350. The Morgan fingerprint density at radius 2 is 1.75 bits per heavy atom. The number of carbonyl (C=O) groups is 2. The number of anilines is 2. The van der Waals surface area contributed by atoms with E-state index in [0.29, 0.717) is 6.54 Å². The second-order valence-electron chi connectivity index (χ2n) is 9.55. The van der Waals surface area contributed by atoms with Gasteiger partial charge in [0.25, 0.3) is 5.91 Å². The fraction of sp³-hybridized carbons (Fsp3) is 0.300. The van der Waals surface area contributed by atoms with Crippen LogP contribution in [-0.2, 0) is 22.6 Å². The molecule has 0 atom stereocenters. The van der Waals surface area contributed by atoms with Crippen LogP contribution in [0.1, 0.15) is 36.5 Å². The minimum absolute atomic E-state index is 0.0376. The van der Waals surface area contributed by atoms with Gasteiger partial charge in [-0.2, -0.15) is 0 Å². The third-order valence-corrected chi connectivity index (χ3v) is 7.16. The highest BCUT2D eigenvalue weighted by molar-refractivity contribution is 6.05. The lowest BCUT2D eigenvalue weighted by Gasteiger charge is -2.38. The van der Waals surface area contributed by atoms with Crippen molar-refractivity contribution in [2.75, 3.05) is 29.4 Å². The summed E-state index contributed by atoms with van der Waals surface area (Å²) in [7, 11) is 0. The van der Waals surface area contributed by atoms with E-state index in [9.17, 15) is 9.59 Å².